The van der Waals surface area contributed by atoms with Crippen LogP contribution >= 0.6 is 0 Å². The van der Waals surface area contributed by atoms with Gasteiger partial charge in [-0.2, -0.15) is 0 Å². The zero-order chi connectivity index (χ0) is 47.3. The third-order valence-electron chi connectivity index (χ3n) is 12.9. The minimum atomic E-state index is -1.57. The molecule has 0 aromatic rings. The van der Waals surface area contributed by atoms with Crippen LogP contribution in [0.15, 0.2) is 48.6 Å². The van der Waals surface area contributed by atoms with Gasteiger partial charge in [-0.3, -0.25) is 4.79 Å². The molecule has 1 fully saturated rings. The Morgan fingerprint density at radius 3 is 1.38 bits per heavy atom. The van der Waals surface area contributed by atoms with E-state index in [1.54, 1.807) is 6.08 Å². The molecule has 0 bridgehead atoms. The van der Waals surface area contributed by atoms with Crippen molar-refractivity contribution in [1.29, 1.82) is 0 Å². The number of nitrogens with one attached hydrogen (secondary N) is 1. The molecule has 7 atom stereocenters. The molecule has 1 rings (SSSR count). The summed E-state index contributed by atoms with van der Waals surface area (Å²) in [5.74, 6) is -0.190. The number of hydrogen-bond acceptors (Lipinski definition) is 8. The van der Waals surface area contributed by atoms with Gasteiger partial charge in [-0.15, -0.1) is 0 Å². The molecule has 0 aromatic heterocycles. The van der Waals surface area contributed by atoms with Crippen molar-refractivity contribution in [3.63, 3.8) is 0 Å². The number of carbonyl (C=O) groups is 1. The highest BCUT2D eigenvalue weighted by atomic mass is 16.7. The molecule has 1 aliphatic heterocycles. The van der Waals surface area contributed by atoms with Crippen molar-refractivity contribution in [2.24, 2.45) is 0 Å². The van der Waals surface area contributed by atoms with Gasteiger partial charge in [-0.05, 0) is 64.2 Å². The van der Waals surface area contributed by atoms with Crippen LogP contribution in [0.3, 0.4) is 0 Å². The summed E-state index contributed by atoms with van der Waals surface area (Å²) >= 11 is 0. The van der Waals surface area contributed by atoms with Crippen LogP contribution in [0, 0.1) is 0 Å². The molecule has 0 radical (unpaired) electrons. The van der Waals surface area contributed by atoms with E-state index < -0.39 is 49.5 Å². The molecule has 1 heterocycles. The molecule has 380 valence electrons. The van der Waals surface area contributed by atoms with Crippen molar-refractivity contribution in [2.45, 2.75) is 288 Å². The van der Waals surface area contributed by atoms with Gasteiger partial charge in [0.15, 0.2) is 6.29 Å². The Labute approximate surface area is 399 Å². The number of ether oxygens (including phenoxy) is 2. The molecule has 0 spiro atoms. The highest BCUT2D eigenvalue weighted by molar-refractivity contribution is 5.76. The van der Waals surface area contributed by atoms with E-state index in [0.717, 1.165) is 51.4 Å². The Hall–Kier alpha value is -1.85. The summed E-state index contributed by atoms with van der Waals surface area (Å²) in [4.78, 5) is 13.0. The molecule has 9 heteroatoms. The molecule has 0 aliphatic carbocycles. The number of aliphatic hydroxyl groups is 5. The maximum atomic E-state index is 13.0. The quantitative estimate of drug-likeness (QED) is 0.0261. The fourth-order valence-corrected chi connectivity index (χ4v) is 8.50. The second-order valence-corrected chi connectivity index (χ2v) is 19.0. The normalized spacial score (nSPS) is 20.3. The number of hydrogen-bond donors (Lipinski definition) is 6. The largest absolute Gasteiger partial charge is 0.394 e. The first kappa shape index (κ1) is 61.2. The van der Waals surface area contributed by atoms with E-state index in [0.29, 0.717) is 6.42 Å². The van der Waals surface area contributed by atoms with E-state index in [2.05, 4.69) is 55.6 Å². The van der Waals surface area contributed by atoms with Crippen LogP contribution in [-0.4, -0.2) is 87.5 Å². The number of amides is 1. The minimum absolute atomic E-state index is 0.190. The lowest BCUT2D eigenvalue weighted by Crippen LogP contribution is -2.60. The summed E-state index contributed by atoms with van der Waals surface area (Å²) in [6.07, 6.45) is 53.1. The lowest BCUT2D eigenvalue weighted by molar-refractivity contribution is -0.302. The van der Waals surface area contributed by atoms with Crippen LogP contribution in [0.5, 0.6) is 0 Å². The van der Waals surface area contributed by atoms with Gasteiger partial charge in [0.25, 0.3) is 0 Å². The fourth-order valence-electron chi connectivity index (χ4n) is 8.50. The summed E-state index contributed by atoms with van der Waals surface area (Å²) in [5, 5.41) is 54.4. The Kier molecular flexibility index (Phi) is 43.2. The molecule has 9 nitrogen and oxygen atoms in total. The summed E-state index contributed by atoms with van der Waals surface area (Å²) in [7, 11) is 0. The topological polar surface area (TPSA) is 149 Å². The van der Waals surface area contributed by atoms with E-state index in [1.165, 1.54) is 173 Å². The summed E-state index contributed by atoms with van der Waals surface area (Å²) in [6.45, 7) is 3.77. The van der Waals surface area contributed by atoms with Crippen LogP contribution in [-0.2, 0) is 14.3 Å². The van der Waals surface area contributed by atoms with Crippen LogP contribution in [0.1, 0.15) is 245 Å². The summed E-state index contributed by atoms with van der Waals surface area (Å²) in [6, 6.07) is -0.825. The number of aliphatic hydroxyl groups excluding tert-OH is 5. The smallest absolute Gasteiger partial charge is 0.220 e. The molecule has 7 unspecified atom stereocenters. The van der Waals surface area contributed by atoms with Crippen LogP contribution in [0.2, 0.25) is 0 Å². The molecule has 1 amide bonds. The molecule has 6 N–H and O–H groups in total. The molecule has 65 heavy (non-hydrogen) atoms. The van der Waals surface area contributed by atoms with Crippen molar-refractivity contribution >= 4 is 5.91 Å². The molecule has 0 saturated carbocycles. The van der Waals surface area contributed by atoms with Crippen molar-refractivity contribution in [3.8, 4) is 0 Å². The molecular weight excluding hydrogens is 815 g/mol. The first-order valence-electron chi connectivity index (χ1n) is 27.4. The Balaban J connectivity index is 2.29. The zero-order valence-electron chi connectivity index (χ0n) is 42.0. The number of unbranched alkanes of at least 4 members (excludes halogenated alkanes) is 30. The summed E-state index contributed by atoms with van der Waals surface area (Å²) < 4.78 is 11.2. The monoisotopic (exact) mass is 918 g/mol. The van der Waals surface area contributed by atoms with Gasteiger partial charge in [0.2, 0.25) is 5.91 Å². The second-order valence-electron chi connectivity index (χ2n) is 19.0. The maximum absolute atomic E-state index is 13.0. The summed E-state index contributed by atoms with van der Waals surface area (Å²) in [5.41, 5.74) is 0. The molecular formula is C56H103NO8. The average molecular weight is 918 g/mol. The molecule has 0 aromatic carbocycles. The van der Waals surface area contributed by atoms with Crippen molar-refractivity contribution < 1.29 is 39.8 Å². The highest BCUT2D eigenvalue weighted by Crippen LogP contribution is 2.23. The average Bonchev–Trinajstić information content (AvgIpc) is 3.31. The first-order chi connectivity index (χ1) is 31.8. The predicted molar refractivity (Wildman–Crippen MR) is 272 cm³/mol. The van der Waals surface area contributed by atoms with Gasteiger partial charge < -0.3 is 40.3 Å². The number of allylic oxidation sites excluding steroid dienone is 7. The van der Waals surface area contributed by atoms with Gasteiger partial charge in [-0.25, -0.2) is 0 Å². The molecule has 1 aliphatic rings. The Bertz CT molecular complexity index is 1160. The Morgan fingerprint density at radius 2 is 0.923 bits per heavy atom. The van der Waals surface area contributed by atoms with E-state index in [1.807, 2.05) is 6.08 Å². The van der Waals surface area contributed by atoms with E-state index in [9.17, 15) is 30.3 Å². The number of carbonyl (C=O) groups excluding carboxylic acids is 1. The fraction of sp³-hybridized carbons (Fsp3) is 0.839. The Morgan fingerprint density at radius 1 is 0.523 bits per heavy atom. The first-order valence-corrected chi connectivity index (χ1v) is 27.4. The minimum Gasteiger partial charge on any atom is -0.394 e. The van der Waals surface area contributed by atoms with E-state index in [-0.39, 0.29) is 12.5 Å². The zero-order valence-corrected chi connectivity index (χ0v) is 42.0. The van der Waals surface area contributed by atoms with Gasteiger partial charge in [0, 0.05) is 6.42 Å². The SMILES string of the molecule is CCCCCCC/C=C\C/C=C\CCCCCCCCCCCC(=O)NC(COC1OC(CO)C(O)C(O)C1O)C(O)/C=C/CC/C=C/CCCCCCCCCCCCCCCCC. The lowest BCUT2D eigenvalue weighted by atomic mass is 9.99. The standard InChI is InChI=1S/C56H103NO8/c1-3-5-7-9-11-13-15-17-19-21-23-25-27-29-31-33-35-37-39-41-43-45-50(59)49(48-64-56-55(63)54(62)53(61)51(47-58)65-56)57-52(60)46-44-42-40-38-36-34-32-30-28-26-24-22-20-18-16-14-12-10-8-6-4-2/h16,18,22,24,35,37,43,45,49-51,53-56,58-59,61-63H,3-15,17,19-21,23,25-34,36,38-42,44,46-48H2,1-2H3,(H,57,60)/b18-16-,24-22-,37-35+,45-43+. The number of rotatable bonds is 46. The molecule has 1 saturated heterocycles. The van der Waals surface area contributed by atoms with Crippen LogP contribution < -0.4 is 5.32 Å². The van der Waals surface area contributed by atoms with Gasteiger partial charge >= 0.3 is 0 Å². The highest BCUT2D eigenvalue weighted by Gasteiger charge is 2.44. The van der Waals surface area contributed by atoms with Crippen molar-refractivity contribution in [1.82, 2.24) is 5.32 Å². The maximum Gasteiger partial charge on any atom is 0.220 e. The third kappa shape index (κ3) is 35.9. The lowest BCUT2D eigenvalue weighted by Gasteiger charge is -2.40. The predicted octanol–water partition coefficient (Wildman–Crippen LogP) is 13.0. The van der Waals surface area contributed by atoms with E-state index >= 15 is 0 Å². The van der Waals surface area contributed by atoms with Gasteiger partial charge in [0.1, 0.15) is 24.4 Å². The van der Waals surface area contributed by atoms with Crippen molar-refractivity contribution in [3.05, 3.63) is 48.6 Å². The second kappa shape index (κ2) is 45.9. The van der Waals surface area contributed by atoms with Crippen LogP contribution in [0.25, 0.3) is 0 Å². The third-order valence-corrected chi connectivity index (χ3v) is 12.9. The van der Waals surface area contributed by atoms with Crippen LogP contribution in [0.4, 0.5) is 0 Å². The van der Waals surface area contributed by atoms with Gasteiger partial charge in [0.05, 0.1) is 25.4 Å². The van der Waals surface area contributed by atoms with Crippen molar-refractivity contribution in [2.75, 3.05) is 13.2 Å². The van der Waals surface area contributed by atoms with Gasteiger partial charge in [-0.1, -0.05) is 223 Å². The van der Waals surface area contributed by atoms with E-state index in [4.69, 9.17) is 9.47 Å².